The van der Waals surface area contributed by atoms with Crippen LogP contribution in [0.25, 0.3) is 11.6 Å². The molecule has 17 heavy (non-hydrogen) atoms. The molecule has 2 aromatic heterocycles. The van der Waals surface area contributed by atoms with Crippen molar-refractivity contribution in [2.75, 3.05) is 13.2 Å². The van der Waals surface area contributed by atoms with Crippen molar-refractivity contribution in [3.8, 4) is 11.6 Å². The summed E-state index contributed by atoms with van der Waals surface area (Å²) < 4.78 is 10.5. The first-order chi connectivity index (χ1) is 8.33. The first-order valence-electron chi connectivity index (χ1n) is 5.53. The van der Waals surface area contributed by atoms with Crippen molar-refractivity contribution in [1.29, 1.82) is 0 Å². The van der Waals surface area contributed by atoms with Gasteiger partial charge in [-0.05, 0) is 13.3 Å². The van der Waals surface area contributed by atoms with Crippen LogP contribution in [0.2, 0.25) is 0 Å². The largest absolute Gasteiger partial charge is 0.381 e. The van der Waals surface area contributed by atoms with E-state index in [9.17, 15) is 0 Å². The first-order valence-corrected chi connectivity index (χ1v) is 5.53. The van der Waals surface area contributed by atoms with Gasteiger partial charge in [0.2, 0.25) is 0 Å². The van der Waals surface area contributed by atoms with Crippen molar-refractivity contribution in [3.05, 3.63) is 23.9 Å². The highest BCUT2D eigenvalue weighted by molar-refractivity contribution is 5.44. The van der Waals surface area contributed by atoms with Gasteiger partial charge in [0, 0.05) is 18.7 Å². The van der Waals surface area contributed by atoms with Gasteiger partial charge in [-0.25, -0.2) is 4.98 Å². The van der Waals surface area contributed by atoms with E-state index >= 15 is 0 Å². The second kappa shape index (κ2) is 4.21. The summed E-state index contributed by atoms with van der Waals surface area (Å²) in [7, 11) is 0. The molecule has 0 spiro atoms. The fourth-order valence-corrected chi connectivity index (χ4v) is 1.75. The fraction of sp³-hybridized carbons (Fsp3) is 0.455. The highest BCUT2D eigenvalue weighted by Gasteiger charge is 2.23. The summed E-state index contributed by atoms with van der Waals surface area (Å²) in [5.41, 5.74) is 1.46. The number of hydrogen-bond acceptors (Lipinski definition) is 6. The van der Waals surface area contributed by atoms with Gasteiger partial charge in [-0.3, -0.25) is 4.98 Å². The number of hydrogen-bond donors (Lipinski definition) is 0. The zero-order chi connectivity index (χ0) is 11.7. The molecule has 0 amide bonds. The van der Waals surface area contributed by atoms with Crippen LogP contribution >= 0.6 is 0 Å². The van der Waals surface area contributed by atoms with Gasteiger partial charge in [-0.2, -0.15) is 4.98 Å². The Hall–Kier alpha value is -1.82. The highest BCUT2D eigenvalue weighted by Crippen LogP contribution is 2.24. The van der Waals surface area contributed by atoms with E-state index < -0.39 is 0 Å². The molecule has 3 heterocycles. The van der Waals surface area contributed by atoms with E-state index in [1.165, 1.54) is 0 Å². The third kappa shape index (κ3) is 2.03. The smallest absolute Gasteiger partial charge is 0.278 e. The Bertz CT molecular complexity index is 502. The molecule has 6 heteroatoms. The summed E-state index contributed by atoms with van der Waals surface area (Å²) in [6.45, 7) is 3.31. The fourth-order valence-electron chi connectivity index (χ4n) is 1.75. The van der Waals surface area contributed by atoms with Crippen molar-refractivity contribution >= 4 is 0 Å². The monoisotopic (exact) mass is 232 g/mol. The maximum absolute atomic E-state index is 5.29. The Labute approximate surface area is 98.0 Å². The Morgan fingerprint density at radius 3 is 2.94 bits per heavy atom. The lowest BCUT2D eigenvalue weighted by Crippen LogP contribution is -1.99. The van der Waals surface area contributed by atoms with E-state index in [1.54, 1.807) is 12.4 Å². The van der Waals surface area contributed by atoms with Crippen LogP contribution in [0.1, 0.15) is 23.9 Å². The van der Waals surface area contributed by atoms with Gasteiger partial charge in [0.15, 0.2) is 5.82 Å². The SMILES string of the molecule is Cc1cnc(-c2nc([C@H]3CCOC3)no2)cn1. The molecule has 0 aliphatic carbocycles. The van der Waals surface area contributed by atoms with Crippen LogP contribution in [-0.4, -0.2) is 33.3 Å². The Morgan fingerprint density at radius 2 is 2.24 bits per heavy atom. The summed E-state index contributed by atoms with van der Waals surface area (Å²) in [6.07, 6.45) is 4.26. The number of aromatic nitrogens is 4. The number of nitrogens with zero attached hydrogens (tertiary/aromatic N) is 4. The molecule has 88 valence electrons. The van der Waals surface area contributed by atoms with Gasteiger partial charge in [0.25, 0.3) is 5.89 Å². The number of ether oxygens (including phenoxy) is 1. The molecule has 1 aliphatic rings. The van der Waals surface area contributed by atoms with Gasteiger partial charge in [0.05, 0.1) is 18.5 Å². The van der Waals surface area contributed by atoms with Crippen LogP contribution in [0.3, 0.4) is 0 Å². The van der Waals surface area contributed by atoms with Crippen molar-refractivity contribution in [2.45, 2.75) is 19.3 Å². The first kappa shape index (κ1) is 10.3. The molecule has 0 aromatic carbocycles. The van der Waals surface area contributed by atoms with Crippen LogP contribution in [-0.2, 0) is 4.74 Å². The summed E-state index contributed by atoms with van der Waals surface area (Å²) in [4.78, 5) is 12.7. The summed E-state index contributed by atoms with van der Waals surface area (Å²) >= 11 is 0. The van der Waals surface area contributed by atoms with Gasteiger partial charge in [0.1, 0.15) is 5.69 Å². The Balaban J connectivity index is 1.86. The minimum Gasteiger partial charge on any atom is -0.381 e. The molecule has 0 N–H and O–H groups in total. The van der Waals surface area contributed by atoms with E-state index in [1.807, 2.05) is 6.92 Å². The molecule has 0 radical (unpaired) electrons. The van der Waals surface area contributed by atoms with Crippen molar-refractivity contribution < 1.29 is 9.26 Å². The molecule has 0 unspecified atom stereocenters. The second-order valence-corrected chi connectivity index (χ2v) is 4.06. The van der Waals surface area contributed by atoms with Crippen LogP contribution in [0.15, 0.2) is 16.9 Å². The van der Waals surface area contributed by atoms with E-state index in [2.05, 4.69) is 20.1 Å². The molecule has 1 atom stereocenters. The van der Waals surface area contributed by atoms with Crippen LogP contribution in [0, 0.1) is 6.92 Å². The normalized spacial score (nSPS) is 19.7. The predicted molar refractivity (Wildman–Crippen MR) is 58.2 cm³/mol. The number of aryl methyl sites for hydroxylation is 1. The quantitative estimate of drug-likeness (QED) is 0.777. The van der Waals surface area contributed by atoms with Gasteiger partial charge < -0.3 is 9.26 Å². The lowest BCUT2D eigenvalue weighted by Gasteiger charge is -1.97. The van der Waals surface area contributed by atoms with E-state index in [0.717, 1.165) is 18.7 Å². The lowest BCUT2D eigenvalue weighted by molar-refractivity contribution is 0.192. The second-order valence-electron chi connectivity index (χ2n) is 4.06. The Morgan fingerprint density at radius 1 is 1.29 bits per heavy atom. The molecule has 0 bridgehead atoms. The number of rotatable bonds is 2. The molecule has 3 rings (SSSR count). The highest BCUT2D eigenvalue weighted by atomic mass is 16.5. The topological polar surface area (TPSA) is 73.9 Å². The zero-order valence-electron chi connectivity index (χ0n) is 9.46. The lowest BCUT2D eigenvalue weighted by atomic mass is 10.1. The zero-order valence-corrected chi connectivity index (χ0v) is 9.46. The molecule has 1 aliphatic heterocycles. The summed E-state index contributed by atoms with van der Waals surface area (Å²) in [5.74, 6) is 1.35. The van der Waals surface area contributed by atoms with Gasteiger partial charge in [-0.1, -0.05) is 5.16 Å². The van der Waals surface area contributed by atoms with Crippen molar-refractivity contribution in [1.82, 2.24) is 20.1 Å². The molecule has 1 saturated heterocycles. The van der Waals surface area contributed by atoms with Crippen molar-refractivity contribution in [3.63, 3.8) is 0 Å². The van der Waals surface area contributed by atoms with E-state index in [4.69, 9.17) is 9.26 Å². The average Bonchev–Trinajstić information content (AvgIpc) is 3.00. The maximum Gasteiger partial charge on any atom is 0.278 e. The molecule has 6 nitrogen and oxygen atoms in total. The third-order valence-electron chi connectivity index (χ3n) is 2.74. The van der Waals surface area contributed by atoms with Gasteiger partial charge in [-0.15, -0.1) is 0 Å². The summed E-state index contributed by atoms with van der Waals surface area (Å²) in [5, 5.41) is 3.96. The molecular formula is C11H12N4O2. The van der Waals surface area contributed by atoms with E-state index in [-0.39, 0.29) is 5.92 Å². The average molecular weight is 232 g/mol. The van der Waals surface area contributed by atoms with Crippen LogP contribution in [0.5, 0.6) is 0 Å². The summed E-state index contributed by atoms with van der Waals surface area (Å²) in [6, 6.07) is 0. The maximum atomic E-state index is 5.29. The molecular weight excluding hydrogens is 220 g/mol. The minimum absolute atomic E-state index is 0.242. The standard InChI is InChI=1S/C11H12N4O2/c1-7-4-13-9(5-12-7)11-14-10(15-17-11)8-2-3-16-6-8/h4-5,8H,2-3,6H2,1H3/t8-/m0/s1. The molecule has 1 fully saturated rings. The Kier molecular flexibility index (Phi) is 2.56. The minimum atomic E-state index is 0.242. The van der Waals surface area contributed by atoms with E-state index in [0.29, 0.717) is 24.0 Å². The molecule has 2 aromatic rings. The van der Waals surface area contributed by atoms with Crippen LogP contribution in [0.4, 0.5) is 0 Å². The van der Waals surface area contributed by atoms with Crippen molar-refractivity contribution in [2.24, 2.45) is 0 Å². The third-order valence-corrected chi connectivity index (χ3v) is 2.74. The van der Waals surface area contributed by atoms with Crippen LogP contribution < -0.4 is 0 Å². The molecule has 0 saturated carbocycles. The van der Waals surface area contributed by atoms with Gasteiger partial charge >= 0.3 is 0 Å². The predicted octanol–water partition coefficient (Wildman–Crippen LogP) is 1.34.